The van der Waals surface area contributed by atoms with E-state index in [0.717, 1.165) is 12.1 Å². The monoisotopic (exact) mass is 423 g/mol. The first-order chi connectivity index (χ1) is 14.1. The second-order valence-corrected chi connectivity index (χ2v) is 6.20. The molecule has 0 spiro atoms. The highest BCUT2D eigenvalue weighted by Gasteiger charge is 2.39. The third kappa shape index (κ3) is 3.78. The Bertz CT molecular complexity index is 1190. The van der Waals surface area contributed by atoms with E-state index < -0.39 is 23.6 Å². The van der Waals surface area contributed by atoms with Crippen molar-refractivity contribution in [3.8, 4) is 11.5 Å². The van der Waals surface area contributed by atoms with E-state index in [2.05, 4.69) is 20.3 Å². The molecule has 154 valence electrons. The quantitative estimate of drug-likeness (QED) is 0.438. The molecule has 0 radical (unpaired) electrons. The number of aromatic nitrogens is 4. The van der Waals surface area contributed by atoms with E-state index in [1.54, 1.807) is 12.1 Å². The van der Waals surface area contributed by atoms with Crippen LogP contribution >= 0.6 is 0 Å². The predicted octanol–water partition coefficient (Wildman–Crippen LogP) is 5.57. The molecule has 0 aliphatic carbocycles. The molecule has 5 nitrogen and oxygen atoms in total. The zero-order valence-electron chi connectivity index (χ0n) is 14.8. The zero-order valence-corrected chi connectivity index (χ0v) is 14.8. The van der Waals surface area contributed by atoms with E-state index in [1.165, 1.54) is 41.1 Å². The third-order valence-corrected chi connectivity index (χ3v) is 4.15. The van der Waals surface area contributed by atoms with Gasteiger partial charge in [0.15, 0.2) is 11.5 Å². The van der Waals surface area contributed by atoms with E-state index in [9.17, 15) is 26.3 Å². The van der Waals surface area contributed by atoms with Crippen molar-refractivity contribution >= 4 is 17.2 Å². The Morgan fingerprint density at radius 3 is 2.20 bits per heavy atom. The number of hydrogen-bond acceptors (Lipinski definition) is 4. The van der Waals surface area contributed by atoms with Crippen molar-refractivity contribution in [1.29, 1.82) is 0 Å². The molecule has 11 heteroatoms. The number of hydrogen-bond donors (Lipinski definition) is 1. The lowest BCUT2D eigenvalue weighted by Gasteiger charge is -2.10. The van der Waals surface area contributed by atoms with Gasteiger partial charge in [0.25, 0.3) is 0 Å². The maximum Gasteiger partial charge on any atom is 0.435 e. The Morgan fingerprint density at radius 1 is 0.800 bits per heavy atom. The molecule has 0 aliphatic heterocycles. The van der Waals surface area contributed by atoms with Crippen LogP contribution in [-0.2, 0) is 12.4 Å². The van der Waals surface area contributed by atoms with Crippen LogP contribution in [0, 0.1) is 0 Å². The summed E-state index contributed by atoms with van der Waals surface area (Å²) in [5.74, 6) is -0.128. The summed E-state index contributed by atoms with van der Waals surface area (Å²) in [5.41, 5.74) is -1.95. The molecule has 0 fully saturated rings. The number of pyridine rings is 1. The highest BCUT2D eigenvalue weighted by molar-refractivity contribution is 5.65. The van der Waals surface area contributed by atoms with Crippen LogP contribution in [0.5, 0.6) is 0 Å². The molecule has 30 heavy (non-hydrogen) atoms. The smallest absolute Gasteiger partial charge is 0.340 e. The highest BCUT2D eigenvalue weighted by Crippen LogP contribution is 2.36. The van der Waals surface area contributed by atoms with Gasteiger partial charge in [-0.15, -0.1) is 0 Å². The SMILES string of the molecule is FC(F)(F)c1ccc(Nc2ccnc(-c3c(C(F)(F)F)nc4ccccn34)n2)cc1. The molecule has 0 saturated carbocycles. The molecular weight excluding hydrogens is 412 g/mol. The van der Waals surface area contributed by atoms with Crippen LogP contribution in [0.25, 0.3) is 17.2 Å². The van der Waals surface area contributed by atoms with Crippen LogP contribution in [-0.4, -0.2) is 19.4 Å². The molecule has 1 N–H and O–H groups in total. The Morgan fingerprint density at radius 2 is 1.53 bits per heavy atom. The van der Waals surface area contributed by atoms with Crippen molar-refractivity contribution in [3.05, 3.63) is 72.2 Å². The topological polar surface area (TPSA) is 55.1 Å². The zero-order chi connectivity index (χ0) is 21.5. The number of halogens is 6. The lowest BCUT2D eigenvalue weighted by molar-refractivity contribution is -0.140. The summed E-state index contributed by atoms with van der Waals surface area (Å²) < 4.78 is 79.8. The predicted molar refractivity (Wildman–Crippen MR) is 95.9 cm³/mol. The lowest BCUT2D eigenvalue weighted by Crippen LogP contribution is -2.09. The number of nitrogens with zero attached hydrogens (tertiary/aromatic N) is 4. The molecule has 0 aliphatic rings. The molecule has 0 unspecified atom stereocenters. The van der Waals surface area contributed by atoms with Crippen LogP contribution in [0.2, 0.25) is 0 Å². The minimum Gasteiger partial charge on any atom is -0.340 e. The number of nitrogens with one attached hydrogen (secondary N) is 1. The van der Waals surface area contributed by atoms with Gasteiger partial charge in [-0.3, -0.25) is 4.40 Å². The van der Waals surface area contributed by atoms with Crippen molar-refractivity contribution < 1.29 is 26.3 Å². The summed E-state index contributed by atoms with van der Waals surface area (Å²) in [5, 5.41) is 2.76. The number of imidazole rings is 1. The number of alkyl halides is 6. The summed E-state index contributed by atoms with van der Waals surface area (Å²) in [7, 11) is 0. The second-order valence-electron chi connectivity index (χ2n) is 6.20. The Labute approximate surface area is 165 Å². The van der Waals surface area contributed by atoms with E-state index in [0.29, 0.717) is 0 Å². The summed E-state index contributed by atoms with van der Waals surface area (Å²) in [6, 6.07) is 10.1. The minimum atomic E-state index is -4.73. The van der Waals surface area contributed by atoms with Crippen molar-refractivity contribution in [2.75, 3.05) is 5.32 Å². The van der Waals surface area contributed by atoms with Gasteiger partial charge in [0.1, 0.15) is 17.2 Å². The minimum absolute atomic E-state index is 0.0736. The maximum absolute atomic E-state index is 13.5. The Balaban J connectivity index is 1.73. The van der Waals surface area contributed by atoms with Gasteiger partial charge in [0.2, 0.25) is 0 Å². The van der Waals surface area contributed by atoms with Gasteiger partial charge in [-0.05, 0) is 42.5 Å². The molecule has 4 aromatic rings. The Kier molecular flexibility index (Phi) is 4.60. The van der Waals surface area contributed by atoms with Crippen molar-refractivity contribution in [2.24, 2.45) is 0 Å². The molecule has 3 heterocycles. The van der Waals surface area contributed by atoms with Gasteiger partial charge in [-0.25, -0.2) is 15.0 Å². The van der Waals surface area contributed by atoms with Gasteiger partial charge in [0, 0.05) is 18.1 Å². The first-order valence-corrected chi connectivity index (χ1v) is 8.45. The van der Waals surface area contributed by atoms with Gasteiger partial charge in [-0.1, -0.05) is 6.07 Å². The molecule has 0 saturated heterocycles. The van der Waals surface area contributed by atoms with Crippen LogP contribution in [0.4, 0.5) is 37.8 Å². The van der Waals surface area contributed by atoms with Crippen molar-refractivity contribution in [1.82, 2.24) is 19.4 Å². The van der Waals surface area contributed by atoms with Gasteiger partial charge >= 0.3 is 12.4 Å². The van der Waals surface area contributed by atoms with E-state index in [4.69, 9.17) is 0 Å². The largest absolute Gasteiger partial charge is 0.435 e. The van der Waals surface area contributed by atoms with Crippen molar-refractivity contribution in [3.63, 3.8) is 0 Å². The third-order valence-electron chi connectivity index (χ3n) is 4.15. The fraction of sp³-hybridized carbons (Fsp3) is 0.105. The second kappa shape index (κ2) is 7.01. The van der Waals surface area contributed by atoms with Gasteiger partial charge in [-0.2, -0.15) is 26.3 Å². The van der Waals surface area contributed by atoms with E-state index in [-0.39, 0.29) is 28.7 Å². The standard InChI is InChI=1S/C19H11F6N5/c20-18(21,22)11-4-6-12(7-5-11)27-13-8-9-26-17(28-13)15-16(19(23,24)25)29-14-3-1-2-10-30(14)15/h1-10H,(H,26,27,28). The average molecular weight is 423 g/mol. The van der Waals surface area contributed by atoms with Gasteiger partial charge < -0.3 is 5.32 Å². The summed E-state index contributed by atoms with van der Waals surface area (Å²) in [6.07, 6.45) is -6.55. The number of rotatable bonds is 3. The fourth-order valence-corrected chi connectivity index (χ4v) is 2.84. The van der Waals surface area contributed by atoms with Crippen LogP contribution in [0.1, 0.15) is 11.3 Å². The van der Waals surface area contributed by atoms with E-state index in [1.807, 2.05) is 0 Å². The van der Waals surface area contributed by atoms with Gasteiger partial charge in [0.05, 0.1) is 5.56 Å². The molecule has 0 bridgehead atoms. The molecule has 0 atom stereocenters. The molecule has 4 rings (SSSR count). The average Bonchev–Trinajstić information content (AvgIpc) is 3.08. The Hall–Kier alpha value is -3.63. The van der Waals surface area contributed by atoms with Crippen LogP contribution in [0.15, 0.2) is 60.9 Å². The number of fused-ring (bicyclic) bond motifs is 1. The summed E-state index contributed by atoms with van der Waals surface area (Å²) >= 11 is 0. The maximum atomic E-state index is 13.5. The van der Waals surface area contributed by atoms with E-state index >= 15 is 0 Å². The lowest BCUT2D eigenvalue weighted by atomic mass is 10.2. The van der Waals surface area contributed by atoms with Crippen molar-refractivity contribution in [2.45, 2.75) is 12.4 Å². The summed E-state index contributed by atoms with van der Waals surface area (Å²) in [6.45, 7) is 0. The fourth-order valence-electron chi connectivity index (χ4n) is 2.84. The number of anilines is 2. The molecule has 3 aromatic heterocycles. The number of benzene rings is 1. The first-order valence-electron chi connectivity index (χ1n) is 8.45. The normalized spacial score (nSPS) is 12.3. The van der Waals surface area contributed by atoms with Crippen LogP contribution < -0.4 is 5.32 Å². The summed E-state index contributed by atoms with van der Waals surface area (Å²) in [4.78, 5) is 11.7. The first kappa shape index (κ1) is 19.7. The molecule has 0 amide bonds. The highest BCUT2D eigenvalue weighted by atomic mass is 19.4. The molecular formula is C19H11F6N5. The van der Waals surface area contributed by atoms with Crippen LogP contribution in [0.3, 0.4) is 0 Å². The molecule has 1 aromatic carbocycles.